The molecular weight excluding hydrogens is 204 g/mol. The Labute approximate surface area is 98.8 Å². The molecule has 0 spiro atoms. The molecule has 2 atom stereocenters. The lowest BCUT2D eigenvalue weighted by Crippen LogP contribution is -2.52. The molecule has 0 radical (unpaired) electrons. The highest BCUT2D eigenvalue weighted by Gasteiger charge is 2.24. The number of methoxy groups -OCH3 is 1. The van der Waals surface area contributed by atoms with Crippen molar-refractivity contribution in [3.05, 3.63) is 0 Å². The van der Waals surface area contributed by atoms with E-state index >= 15 is 0 Å². The van der Waals surface area contributed by atoms with E-state index < -0.39 is 0 Å². The maximum absolute atomic E-state index is 9.46. The molecule has 96 valence electrons. The van der Waals surface area contributed by atoms with Gasteiger partial charge in [-0.2, -0.15) is 0 Å². The van der Waals surface area contributed by atoms with Gasteiger partial charge in [0.05, 0.1) is 19.3 Å². The van der Waals surface area contributed by atoms with Crippen molar-refractivity contribution in [2.24, 2.45) is 5.73 Å². The second-order valence-electron chi connectivity index (χ2n) is 4.67. The van der Waals surface area contributed by atoms with Crippen LogP contribution < -0.4 is 5.73 Å². The molecule has 4 heteroatoms. The minimum Gasteiger partial charge on any atom is -0.395 e. The number of aliphatic hydroxyl groups is 1. The normalized spacial score (nSPS) is 23.4. The largest absolute Gasteiger partial charge is 0.395 e. The van der Waals surface area contributed by atoms with Gasteiger partial charge >= 0.3 is 0 Å². The van der Waals surface area contributed by atoms with E-state index in [0.29, 0.717) is 6.61 Å². The fourth-order valence-corrected chi connectivity index (χ4v) is 2.43. The first-order valence-electron chi connectivity index (χ1n) is 6.39. The summed E-state index contributed by atoms with van der Waals surface area (Å²) in [4.78, 5) is 2.34. The average Bonchev–Trinajstić information content (AvgIpc) is 2.22. The molecule has 3 N–H and O–H groups in total. The van der Waals surface area contributed by atoms with Crippen LogP contribution in [-0.4, -0.2) is 55.5 Å². The van der Waals surface area contributed by atoms with Gasteiger partial charge in [0.2, 0.25) is 0 Å². The van der Waals surface area contributed by atoms with Crippen LogP contribution in [0.3, 0.4) is 0 Å². The molecule has 2 unspecified atom stereocenters. The summed E-state index contributed by atoms with van der Waals surface area (Å²) in [6.45, 7) is 2.76. The van der Waals surface area contributed by atoms with Gasteiger partial charge in [0.25, 0.3) is 0 Å². The molecule has 1 fully saturated rings. The molecule has 16 heavy (non-hydrogen) atoms. The molecule has 0 saturated carbocycles. The Hall–Kier alpha value is -0.160. The summed E-state index contributed by atoms with van der Waals surface area (Å²) >= 11 is 0. The zero-order chi connectivity index (χ0) is 11.8. The molecule has 1 rings (SSSR count). The average molecular weight is 230 g/mol. The van der Waals surface area contributed by atoms with Gasteiger partial charge in [-0.3, -0.25) is 4.90 Å². The topological polar surface area (TPSA) is 58.7 Å². The molecule has 0 aromatic rings. The van der Waals surface area contributed by atoms with Crippen molar-refractivity contribution in [1.82, 2.24) is 4.90 Å². The fraction of sp³-hybridized carbons (Fsp3) is 1.00. The predicted molar refractivity (Wildman–Crippen MR) is 65.4 cm³/mol. The Morgan fingerprint density at radius 2 is 1.75 bits per heavy atom. The third-order valence-electron chi connectivity index (χ3n) is 3.40. The van der Waals surface area contributed by atoms with Gasteiger partial charge < -0.3 is 15.6 Å². The van der Waals surface area contributed by atoms with E-state index in [9.17, 15) is 5.11 Å². The van der Waals surface area contributed by atoms with Crippen molar-refractivity contribution in [2.45, 2.75) is 44.2 Å². The second-order valence-corrected chi connectivity index (χ2v) is 4.67. The third kappa shape index (κ3) is 4.37. The molecular formula is C12H26N2O2. The minimum atomic E-state index is -0.0885. The summed E-state index contributed by atoms with van der Waals surface area (Å²) in [6, 6.07) is -0.0347. The van der Waals surface area contributed by atoms with Crippen molar-refractivity contribution in [3.63, 3.8) is 0 Å². The number of hydrogen-bond donors (Lipinski definition) is 2. The quantitative estimate of drug-likeness (QED) is 0.725. The lowest BCUT2D eigenvalue weighted by atomic mass is 10.0. The SMILES string of the molecule is COCC(N)C(CO)N1CCCCCCC1. The fourth-order valence-electron chi connectivity index (χ4n) is 2.43. The second kappa shape index (κ2) is 8.01. The van der Waals surface area contributed by atoms with Gasteiger partial charge in [-0.05, 0) is 25.9 Å². The van der Waals surface area contributed by atoms with Crippen LogP contribution in [0.1, 0.15) is 32.1 Å². The number of rotatable bonds is 5. The highest BCUT2D eigenvalue weighted by Crippen LogP contribution is 2.14. The molecule has 4 nitrogen and oxygen atoms in total. The summed E-state index contributed by atoms with van der Waals surface area (Å²) in [5.41, 5.74) is 6.03. The monoisotopic (exact) mass is 230 g/mol. The van der Waals surface area contributed by atoms with Crippen molar-refractivity contribution < 1.29 is 9.84 Å². The highest BCUT2D eigenvalue weighted by molar-refractivity contribution is 4.82. The summed E-state index contributed by atoms with van der Waals surface area (Å²) in [7, 11) is 1.65. The third-order valence-corrected chi connectivity index (χ3v) is 3.40. The van der Waals surface area contributed by atoms with Crippen LogP contribution in [-0.2, 0) is 4.74 Å². The molecule has 1 saturated heterocycles. The van der Waals surface area contributed by atoms with Crippen molar-refractivity contribution in [2.75, 3.05) is 33.4 Å². The van der Waals surface area contributed by atoms with E-state index in [0.717, 1.165) is 13.1 Å². The Bertz CT molecular complexity index is 170. The van der Waals surface area contributed by atoms with Crippen LogP contribution in [0.4, 0.5) is 0 Å². The smallest absolute Gasteiger partial charge is 0.0629 e. The number of hydrogen-bond acceptors (Lipinski definition) is 4. The number of ether oxygens (including phenoxy) is 1. The molecule has 0 aromatic carbocycles. The maximum Gasteiger partial charge on any atom is 0.0629 e. The van der Waals surface area contributed by atoms with Gasteiger partial charge in [-0.15, -0.1) is 0 Å². The van der Waals surface area contributed by atoms with E-state index in [1.807, 2.05) is 0 Å². The van der Waals surface area contributed by atoms with Gasteiger partial charge in [-0.1, -0.05) is 19.3 Å². The summed E-state index contributed by atoms with van der Waals surface area (Å²) in [5, 5.41) is 9.46. The Kier molecular flexibility index (Phi) is 6.96. The standard InChI is InChI=1S/C12H26N2O2/c1-16-10-11(13)12(9-15)14-7-5-3-2-4-6-8-14/h11-12,15H,2-10,13H2,1H3. The molecule has 0 aromatic heterocycles. The van der Waals surface area contributed by atoms with Crippen molar-refractivity contribution in [3.8, 4) is 0 Å². The van der Waals surface area contributed by atoms with Crippen LogP contribution in [0, 0.1) is 0 Å². The number of nitrogens with two attached hydrogens (primary N) is 1. The van der Waals surface area contributed by atoms with E-state index in [1.165, 1.54) is 32.1 Å². The van der Waals surface area contributed by atoms with Crippen LogP contribution in [0.5, 0.6) is 0 Å². The Morgan fingerprint density at radius 1 is 1.19 bits per heavy atom. The number of nitrogens with zero attached hydrogens (tertiary/aromatic N) is 1. The van der Waals surface area contributed by atoms with E-state index in [1.54, 1.807) is 7.11 Å². The van der Waals surface area contributed by atoms with Crippen LogP contribution in [0.25, 0.3) is 0 Å². The minimum absolute atomic E-state index is 0.0537. The number of likely N-dealkylation sites (tertiary alicyclic amines) is 1. The molecule has 0 aliphatic carbocycles. The van der Waals surface area contributed by atoms with Gasteiger partial charge in [-0.25, -0.2) is 0 Å². The Balaban J connectivity index is 2.47. The number of aliphatic hydroxyl groups excluding tert-OH is 1. The highest BCUT2D eigenvalue weighted by atomic mass is 16.5. The summed E-state index contributed by atoms with van der Waals surface area (Å²) in [6.07, 6.45) is 6.39. The molecule has 1 heterocycles. The van der Waals surface area contributed by atoms with Gasteiger partial charge in [0.1, 0.15) is 0 Å². The zero-order valence-electron chi connectivity index (χ0n) is 10.4. The Morgan fingerprint density at radius 3 is 2.25 bits per heavy atom. The van der Waals surface area contributed by atoms with Crippen LogP contribution in [0.15, 0.2) is 0 Å². The van der Waals surface area contributed by atoms with Gasteiger partial charge in [0, 0.05) is 13.2 Å². The molecule has 1 aliphatic rings. The van der Waals surface area contributed by atoms with Gasteiger partial charge in [0.15, 0.2) is 0 Å². The van der Waals surface area contributed by atoms with E-state index in [-0.39, 0.29) is 18.7 Å². The van der Waals surface area contributed by atoms with Crippen molar-refractivity contribution in [1.29, 1.82) is 0 Å². The molecule has 0 bridgehead atoms. The summed E-state index contributed by atoms with van der Waals surface area (Å²) < 4.78 is 5.07. The maximum atomic E-state index is 9.46. The first kappa shape index (κ1) is 13.9. The van der Waals surface area contributed by atoms with Crippen LogP contribution in [0.2, 0.25) is 0 Å². The summed E-state index contributed by atoms with van der Waals surface area (Å²) in [5.74, 6) is 0. The van der Waals surface area contributed by atoms with E-state index in [2.05, 4.69) is 4.90 Å². The van der Waals surface area contributed by atoms with Crippen LogP contribution >= 0.6 is 0 Å². The lowest BCUT2D eigenvalue weighted by Gasteiger charge is -2.35. The molecule has 1 aliphatic heterocycles. The zero-order valence-corrected chi connectivity index (χ0v) is 10.4. The van der Waals surface area contributed by atoms with Crippen molar-refractivity contribution >= 4 is 0 Å². The first-order chi connectivity index (χ1) is 7.79. The predicted octanol–water partition coefficient (Wildman–Crippen LogP) is 0.587. The first-order valence-corrected chi connectivity index (χ1v) is 6.39. The lowest BCUT2D eigenvalue weighted by molar-refractivity contribution is 0.0655. The van der Waals surface area contributed by atoms with E-state index in [4.69, 9.17) is 10.5 Å². The molecule has 0 amide bonds.